The van der Waals surface area contributed by atoms with Crippen molar-refractivity contribution in [3.8, 4) is 11.4 Å². The van der Waals surface area contributed by atoms with Crippen molar-refractivity contribution in [2.45, 2.75) is 20.0 Å². The number of benzene rings is 2. The molecule has 0 aliphatic rings. The fraction of sp³-hybridized carbons (Fsp3) is 0.238. The molecule has 0 amide bonds. The van der Waals surface area contributed by atoms with Gasteiger partial charge in [-0.25, -0.2) is 9.67 Å². The van der Waals surface area contributed by atoms with Crippen molar-refractivity contribution in [3.63, 3.8) is 0 Å². The number of nitrogens with zero attached hydrogens (tertiary/aromatic N) is 3. The Balaban J connectivity index is 0.00000280. The molecular weight excluding hydrogens is 465 g/mol. The first-order valence-corrected chi connectivity index (χ1v) is 9.02. The molecule has 1 heterocycles. The van der Waals surface area contributed by atoms with E-state index in [0.29, 0.717) is 13.1 Å². The van der Waals surface area contributed by atoms with Crippen LogP contribution >= 0.6 is 24.0 Å². The number of nitrogens with one attached hydrogen (secondary N) is 2. The molecule has 3 aromatic rings. The van der Waals surface area contributed by atoms with E-state index in [9.17, 15) is 0 Å². The number of aromatic nitrogens is 2. The third-order valence-electron chi connectivity index (χ3n) is 4.04. The summed E-state index contributed by atoms with van der Waals surface area (Å²) in [5, 5.41) is 11.0. The molecule has 0 fully saturated rings. The van der Waals surface area contributed by atoms with Crippen LogP contribution in [0.2, 0.25) is 0 Å². The minimum absolute atomic E-state index is 0. The fourth-order valence-electron chi connectivity index (χ4n) is 2.60. The molecule has 0 saturated carbocycles. The van der Waals surface area contributed by atoms with Crippen LogP contribution in [0.25, 0.3) is 5.69 Å². The average molecular weight is 491 g/mol. The predicted octanol–water partition coefficient (Wildman–Crippen LogP) is 3.75. The van der Waals surface area contributed by atoms with Gasteiger partial charge in [0, 0.05) is 24.8 Å². The maximum atomic E-state index is 5.19. The summed E-state index contributed by atoms with van der Waals surface area (Å²) in [5.74, 6) is 1.63. The maximum absolute atomic E-state index is 5.19. The Morgan fingerprint density at radius 1 is 1.04 bits per heavy atom. The van der Waals surface area contributed by atoms with Gasteiger partial charge in [-0.05, 0) is 36.8 Å². The van der Waals surface area contributed by atoms with Gasteiger partial charge in [0.25, 0.3) is 0 Å². The van der Waals surface area contributed by atoms with Gasteiger partial charge in [0.05, 0.1) is 25.5 Å². The molecule has 2 N–H and O–H groups in total. The van der Waals surface area contributed by atoms with Crippen LogP contribution in [0.3, 0.4) is 0 Å². The zero-order chi connectivity index (χ0) is 18.9. The van der Waals surface area contributed by atoms with Gasteiger partial charge >= 0.3 is 0 Å². The number of ether oxygens (including phenoxy) is 1. The lowest BCUT2D eigenvalue weighted by atomic mass is 10.2. The van der Waals surface area contributed by atoms with Crippen LogP contribution in [0.5, 0.6) is 5.75 Å². The molecule has 0 aliphatic heterocycles. The number of hydrogen-bond acceptors (Lipinski definition) is 3. The Labute approximate surface area is 183 Å². The standard InChI is InChI=1S/C21H25N5O.HI/c1-3-22-21(23-13-17-9-11-20(27-2)12-10-17)24-14-18-15-25-26(16-18)19-7-5-4-6-8-19;/h4-12,15-16H,3,13-14H2,1-2H3,(H2,22,23,24);1H. The number of methoxy groups -OCH3 is 1. The summed E-state index contributed by atoms with van der Waals surface area (Å²) in [6, 6.07) is 18.1. The Kier molecular flexibility index (Phi) is 8.80. The zero-order valence-electron chi connectivity index (χ0n) is 16.1. The molecular formula is C21H26IN5O. The van der Waals surface area contributed by atoms with Crippen LogP contribution in [-0.2, 0) is 13.1 Å². The van der Waals surface area contributed by atoms with Crippen LogP contribution in [-0.4, -0.2) is 29.4 Å². The number of hydrogen-bond donors (Lipinski definition) is 2. The van der Waals surface area contributed by atoms with Crippen molar-refractivity contribution < 1.29 is 4.74 Å². The second-order valence-corrected chi connectivity index (χ2v) is 6.03. The van der Waals surface area contributed by atoms with E-state index in [1.54, 1.807) is 7.11 Å². The smallest absolute Gasteiger partial charge is 0.191 e. The highest BCUT2D eigenvalue weighted by atomic mass is 127. The molecule has 1 aromatic heterocycles. The Morgan fingerprint density at radius 2 is 1.79 bits per heavy atom. The van der Waals surface area contributed by atoms with Crippen LogP contribution in [0.4, 0.5) is 0 Å². The second-order valence-electron chi connectivity index (χ2n) is 6.03. The number of rotatable bonds is 7. The molecule has 28 heavy (non-hydrogen) atoms. The van der Waals surface area contributed by atoms with Gasteiger partial charge in [0.2, 0.25) is 0 Å². The van der Waals surface area contributed by atoms with Gasteiger partial charge in [-0.15, -0.1) is 24.0 Å². The third kappa shape index (κ3) is 6.26. The number of guanidine groups is 1. The summed E-state index contributed by atoms with van der Waals surface area (Å²) in [5.41, 5.74) is 3.26. The summed E-state index contributed by atoms with van der Waals surface area (Å²) in [6.07, 6.45) is 3.86. The summed E-state index contributed by atoms with van der Waals surface area (Å²) in [7, 11) is 1.67. The van der Waals surface area contributed by atoms with Gasteiger partial charge in [-0.2, -0.15) is 5.10 Å². The van der Waals surface area contributed by atoms with E-state index in [1.807, 2.05) is 71.7 Å². The lowest BCUT2D eigenvalue weighted by Gasteiger charge is -2.11. The minimum atomic E-state index is 0. The summed E-state index contributed by atoms with van der Waals surface area (Å²) in [4.78, 5) is 4.66. The molecule has 0 saturated heterocycles. The van der Waals surface area contributed by atoms with Gasteiger partial charge in [0.15, 0.2) is 5.96 Å². The van der Waals surface area contributed by atoms with E-state index in [2.05, 4.69) is 27.6 Å². The normalized spacial score (nSPS) is 10.9. The SMILES string of the molecule is CCNC(=NCc1cnn(-c2ccccc2)c1)NCc1ccc(OC)cc1.I. The molecule has 0 spiro atoms. The maximum Gasteiger partial charge on any atom is 0.191 e. The quantitative estimate of drug-likeness (QED) is 0.300. The Bertz CT molecular complexity index is 862. The number of para-hydroxylation sites is 1. The van der Waals surface area contributed by atoms with Crippen molar-refractivity contribution >= 4 is 29.9 Å². The lowest BCUT2D eigenvalue weighted by molar-refractivity contribution is 0.414. The van der Waals surface area contributed by atoms with Gasteiger partial charge in [0.1, 0.15) is 5.75 Å². The minimum Gasteiger partial charge on any atom is -0.497 e. The molecule has 6 nitrogen and oxygen atoms in total. The monoisotopic (exact) mass is 491 g/mol. The highest BCUT2D eigenvalue weighted by Gasteiger charge is 2.02. The van der Waals surface area contributed by atoms with E-state index < -0.39 is 0 Å². The molecule has 148 valence electrons. The largest absolute Gasteiger partial charge is 0.497 e. The molecule has 7 heteroatoms. The van der Waals surface area contributed by atoms with E-state index >= 15 is 0 Å². The van der Waals surface area contributed by atoms with Gasteiger partial charge < -0.3 is 15.4 Å². The molecule has 3 rings (SSSR count). The molecule has 0 atom stereocenters. The third-order valence-corrected chi connectivity index (χ3v) is 4.04. The van der Waals surface area contributed by atoms with E-state index in [4.69, 9.17) is 4.74 Å². The second kappa shape index (κ2) is 11.3. The summed E-state index contributed by atoms with van der Waals surface area (Å²) < 4.78 is 7.05. The highest BCUT2D eigenvalue weighted by Crippen LogP contribution is 2.11. The van der Waals surface area contributed by atoms with Crippen molar-refractivity contribution in [1.29, 1.82) is 0 Å². The van der Waals surface area contributed by atoms with E-state index in [-0.39, 0.29) is 24.0 Å². The Morgan fingerprint density at radius 3 is 2.46 bits per heavy atom. The van der Waals surface area contributed by atoms with Gasteiger partial charge in [-0.1, -0.05) is 30.3 Å². The Hall–Kier alpha value is -2.55. The fourth-order valence-corrected chi connectivity index (χ4v) is 2.60. The molecule has 0 bridgehead atoms. The van der Waals surface area contributed by atoms with Crippen LogP contribution < -0.4 is 15.4 Å². The van der Waals surface area contributed by atoms with Gasteiger partial charge in [-0.3, -0.25) is 0 Å². The van der Waals surface area contributed by atoms with Crippen molar-refractivity contribution in [2.24, 2.45) is 4.99 Å². The number of halogens is 1. The first-order valence-electron chi connectivity index (χ1n) is 9.02. The zero-order valence-corrected chi connectivity index (χ0v) is 18.5. The van der Waals surface area contributed by atoms with Crippen molar-refractivity contribution in [1.82, 2.24) is 20.4 Å². The van der Waals surface area contributed by atoms with Crippen LogP contribution in [0.15, 0.2) is 72.0 Å². The molecule has 2 aromatic carbocycles. The van der Waals surface area contributed by atoms with E-state index in [0.717, 1.165) is 29.5 Å². The average Bonchev–Trinajstić information content (AvgIpc) is 3.20. The molecule has 0 unspecified atom stereocenters. The number of aliphatic imine (C=N–C) groups is 1. The highest BCUT2D eigenvalue weighted by molar-refractivity contribution is 14.0. The summed E-state index contributed by atoms with van der Waals surface area (Å²) in [6.45, 7) is 4.11. The van der Waals surface area contributed by atoms with Crippen LogP contribution in [0.1, 0.15) is 18.1 Å². The first kappa shape index (κ1) is 21.7. The summed E-state index contributed by atoms with van der Waals surface area (Å²) >= 11 is 0. The molecule has 0 radical (unpaired) electrons. The predicted molar refractivity (Wildman–Crippen MR) is 124 cm³/mol. The van der Waals surface area contributed by atoms with Crippen molar-refractivity contribution in [2.75, 3.05) is 13.7 Å². The lowest BCUT2D eigenvalue weighted by Crippen LogP contribution is -2.36. The van der Waals surface area contributed by atoms with E-state index in [1.165, 1.54) is 5.56 Å². The van der Waals surface area contributed by atoms with Crippen molar-refractivity contribution in [3.05, 3.63) is 78.1 Å². The topological polar surface area (TPSA) is 63.5 Å². The molecule has 0 aliphatic carbocycles. The van der Waals surface area contributed by atoms with Crippen LogP contribution in [0, 0.1) is 0 Å². The first-order chi connectivity index (χ1) is 13.3.